The summed E-state index contributed by atoms with van der Waals surface area (Å²) >= 11 is 0. The maximum absolute atomic E-state index is 11.3. The zero-order valence-electron chi connectivity index (χ0n) is 14.1. The van der Waals surface area contributed by atoms with Gasteiger partial charge in [-0.15, -0.1) is 0 Å². The highest BCUT2D eigenvalue weighted by molar-refractivity contribution is 5.87. The SMILES string of the molecule is C=CC(=O)N[C@H]1C[C@@H](Oc2nc(Nc3cnn(C)c3)nc3[nH]cnc23)C1. The van der Waals surface area contributed by atoms with E-state index < -0.39 is 0 Å². The van der Waals surface area contributed by atoms with E-state index in [0.717, 1.165) is 5.69 Å². The highest BCUT2D eigenvalue weighted by Gasteiger charge is 2.32. The standard InChI is InChI=1S/C16H18N8O2/c1-3-12(25)20-9-4-11(5-9)26-15-13-14(18-8-17-13)22-16(23-15)21-10-6-19-24(2)7-10/h3,6-9,11H,1,4-5H2,2H3,(H,20,25)(H2,17,18,21,22,23)/t9-,11+. The Hall–Kier alpha value is -3.43. The summed E-state index contributed by atoms with van der Waals surface area (Å²) in [6, 6.07) is 0.0926. The molecule has 4 rings (SSSR count). The van der Waals surface area contributed by atoms with Gasteiger partial charge >= 0.3 is 0 Å². The van der Waals surface area contributed by atoms with Gasteiger partial charge in [0.15, 0.2) is 11.2 Å². The number of ether oxygens (including phenoxy) is 1. The summed E-state index contributed by atoms with van der Waals surface area (Å²) < 4.78 is 7.66. The Labute approximate surface area is 148 Å². The number of H-pyrrole nitrogens is 1. The molecule has 1 saturated carbocycles. The molecular weight excluding hydrogens is 336 g/mol. The van der Waals surface area contributed by atoms with Crippen molar-refractivity contribution in [3.63, 3.8) is 0 Å². The number of aromatic nitrogens is 6. The molecule has 0 atom stereocenters. The lowest BCUT2D eigenvalue weighted by Crippen LogP contribution is -2.48. The van der Waals surface area contributed by atoms with Crippen molar-refractivity contribution in [3.8, 4) is 5.88 Å². The molecule has 0 spiro atoms. The van der Waals surface area contributed by atoms with Gasteiger partial charge in [0.05, 0.1) is 18.2 Å². The number of carbonyl (C=O) groups excluding carboxylic acids is 1. The third-order valence-electron chi connectivity index (χ3n) is 4.11. The van der Waals surface area contributed by atoms with Crippen molar-refractivity contribution in [1.29, 1.82) is 0 Å². The maximum atomic E-state index is 11.3. The number of rotatable bonds is 6. The van der Waals surface area contributed by atoms with Gasteiger partial charge < -0.3 is 20.4 Å². The first kappa shape index (κ1) is 16.1. The van der Waals surface area contributed by atoms with E-state index in [0.29, 0.717) is 35.8 Å². The van der Waals surface area contributed by atoms with E-state index in [2.05, 4.69) is 42.2 Å². The summed E-state index contributed by atoms with van der Waals surface area (Å²) in [5.74, 6) is 0.620. The first-order valence-corrected chi connectivity index (χ1v) is 8.17. The van der Waals surface area contributed by atoms with Crippen LogP contribution >= 0.6 is 0 Å². The lowest BCUT2D eigenvalue weighted by molar-refractivity contribution is -0.118. The second kappa shape index (κ2) is 6.47. The van der Waals surface area contributed by atoms with Crippen molar-refractivity contribution in [3.05, 3.63) is 31.4 Å². The second-order valence-electron chi connectivity index (χ2n) is 6.10. The van der Waals surface area contributed by atoms with E-state index in [1.807, 2.05) is 13.2 Å². The van der Waals surface area contributed by atoms with Crippen LogP contribution in [0.1, 0.15) is 12.8 Å². The molecule has 26 heavy (non-hydrogen) atoms. The van der Waals surface area contributed by atoms with Crippen LogP contribution in [0.25, 0.3) is 11.2 Å². The molecule has 10 heteroatoms. The van der Waals surface area contributed by atoms with Crippen molar-refractivity contribution in [1.82, 2.24) is 35.0 Å². The zero-order chi connectivity index (χ0) is 18.1. The predicted molar refractivity (Wildman–Crippen MR) is 94.0 cm³/mol. The average molecular weight is 354 g/mol. The van der Waals surface area contributed by atoms with Gasteiger partial charge in [0, 0.05) is 32.1 Å². The Morgan fingerprint density at radius 2 is 2.31 bits per heavy atom. The Morgan fingerprint density at radius 1 is 1.46 bits per heavy atom. The minimum atomic E-state index is -0.173. The maximum Gasteiger partial charge on any atom is 0.247 e. The van der Waals surface area contributed by atoms with Crippen LogP contribution in [0, 0.1) is 0 Å². The highest BCUT2D eigenvalue weighted by atomic mass is 16.5. The Morgan fingerprint density at radius 3 is 3.04 bits per heavy atom. The van der Waals surface area contributed by atoms with Crippen molar-refractivity contribution >= 4 is 28.7 Å². The third-order valence-corrected chi connectivity index (χ3v) is 4.11. The summed E-state index contributed by atoms with van der Waals surface area (Å²) in [6.07, 6.45) is 7.70. The quantitative estimate of drug-likeness (QED) is 0.565. The van der Waals surface area contributed by atoms with Crippen LogP contribution in [0.15, 0.2) is 31.4 Å². The molecule has 1 aliphatic rings. The average Bonchev–Trinajstić information content (AvgIpc) is 3.21. The molecule has 1 aliphatic carbocycles. The fraction of sp³-hybridized carbons (Fsp3) is 0.312. The molecule has 0 bridgehead atoms. The minimum absolute atomic E-state index is 0.0360. The number of aryl methyl sites for hydroxylation is 1. The fourth-order valence-corrected chi connectivity index (χ4v) is 2.76. The first-order valence-electron chi connectivity index (χ1n) is 8.17. The van der Waals surface area contributed by atoms with Gasteiger partial charge in [-0.3, -0.25) is 9.48 Å². The van der Waals surface area contributed by atoms with E-state index in [1.165, 1.54) is 6.08 Å². The van der Waals surface area contributed by atoms with Crippen LogP contribution < -0.4 is 15.4 Å². The normalized spacial score (nSPS) is 19.0. The van der Waals surface area contributed by atoms with E-state index in [9.17, 15) is 4.79 Å². The Bertz CT molecular complexity index is 956. The number of nitrogens with zero attached hydrogens (tertiary/aromatic N) is 5. The van der Waals surface area contributed by atoms with E-state index in [-0.39, 0.29) is 18.1 Å². The summed E-state index contributed by atoms with van der Waals surface area (Å²) in [6.45, 7) is 3.45. The van der Waals surface area contributed by atoms with E-state index in [4.69, 9.17) is 4.74 Å². The molecule has 3 N–H and O–H groups in total. The number of hydrogen-bond donors (Lipinski definition) is 3. The number of aromatic amines is 1. The lowest BCUT2D eigenvalue weighted by atomic mass is 9.89. The molecule has 134 valence electrons. The van der Waals surface area contributed by atoms with Crippen LogP contribution in [0.3, 0.4) is 0 Å². The van der Waals surface area contributed by atoms with Crippen molar-refractivity contribution in [2.75, 3.05) is 5.32 Å². The summed E-state index contributed by atoms with van der Waals surface area (Å²) in [4.78, 5) is 27.3. The number of imidazole rings is 1. The van der Waals surface area contributed by atoms with Gasteiger partial charge in [0.25, 0.3) is 0 Å². The number of nitrogens with one attached hydrogen (secondary N) is 3. The summed E-state index contributed by atoms with van der Waals surface area (Å²) in [5, 5.41) is 10.0. The van der Waals surface area contributed by atoms with Crippen LogP contribution in [-0.4, -0.2) is 47.8 Å². The molecule has 3 aromatic rings. The summed E-state index contributed by atoms with van der Waals surface area (Å²) in [5.41, 5.74) is 1.92. The van der Waals surface area contributed by atoms with Crippen LogP contribution in [0.4, 0.5) is 11.6 Å². The summed E-state index contributed by atoms with van der Waals surface area (Å²) in [7, 11) is 1.83. The molecule has 0 aromatic carbocycles. The minimum Gasteiger partial charge on any atom is -0.472 e. The Balaban J connectivity index is 1.49. The molecule has 0 unspecified atom stereocenters. The molecule has 1 amide bonds. The predicted octanol–water partition coefficient (Wildman–Crippen LogP) is 1.04. The highest BCUT2D eigenvalue weighted by Crippen LogP contribution is 2.29. The number of anilines is 2. The van der Waals surface area contributed by atoms with Crippen LogP contribution in [0.5, 0.6) is 5.88 Å². The topological polar surface area (TPSA) is 123 Å². The van der Waals surface area contributed by atoms with Crippen LogP contribution in [0.2, 0.25) is 0 Å². The van der Waals surface area contributed by atoms with E-state index >= 15 is 0 Å². The molecule has 3 heterocycles. The fourth-order valence-electron chi connectivity index (χ4n) is 2.76. The number of hydrogen-bond acceptors (Lipinski definition) is 7. The number of carbonyl (C=O) groups is 1. The lowest BCUT2D eigenvalue weighted by Gasteiger charge is -2.35. The monoisotopic (exact) mass is 354 g/mol. The smallest absolute Gasteiger partial charge is 0.247 e. The van der Waals surface area contributed by atoms with Crippen molar-refractivity contribution < 1.29 is 9.53 Å². The van der Waals surface area contributed by atoms with Crippen LogP contribution in [-0.2, 0) is 11.8 Å². The van der Waals surface area contributed by atoms with Gasteiger partial charge in [-0.05, 0) is 6.08 Å². The molecule has 0 saturated heterocycles. The molecule has 1 fully saturated rings. The third kappa shape index (κ3) is 3.21. The molecule has 3 aromatic heterocycles. The van der Waals surface area contributed by atoms with Gasteiger partial charge in [-0.2, -0.15) is 15.1 Å². The van der Waals surface area contributed by atoms with Gasteiger partial charge in [-0.25, -0.2) is 4.98 Å². The van der Waals surface area contributed by atoms with Crippen molar-refractivity contribution in [2.24, 2.45) is 7.05 Å². The van der Waals surface area contributed by atoms with Gasteiger partial charge in [0.2, 0.25) is 17.7 Å². The first-order chi connectivity index (χ1) is 12.6. The zero-order valence-corrected chi connectivity index (χ0v) is 14.1. The molecule has 10 nitrogen and oxygen atoms in total. The Kier molecular flexibility index (Phi) is 3.99. The molecular formula is C16H18N8O2. The van der Waals surface area contributed by atoms with Crippen molar-refractivity contribution in [2.45, 2.75) is 25.0 Å². The molecule has 0 aliphatic heterocycles. The number of amides is 1. The largest absolute Gasteiger partial charge is 0.472 e. The number of fused-ring (bicyclic) bond motifs is 1. The molecule has 0 radical (unpaired) electrons. The van der Waals surface area contributed by atoms with Gasteiger partial charge in [-0.1, -0.05) is 6.58 Å². The second-order valence-corrected chi connectivity index (χ2v) is 6.10. The van der Waals surface area contributed by atoms with Gasteiger partial charge in [0.1, 0.15) is 6.10 Å². The van der Waals surface area contributed by atoms with E-state index in [1.54, 1.807) is 17.2 Å².